The van der Waals surface area contributed by atoms with E-state index in [4.69, 9.17) is 0 Å². The molecule has 0 spiro atoms. The van der Waals surface area contributed by atoms with Gasteiger partial charge in [0.1, 0.15) is 20.5 Å². The highest BCUT2D eigenvalue weighted by Crippen LogP contribution is 2.19. The number of amides is 1. The van der Waals surface area contributed by atoms with Crippen molar-refractivity contribution in [3.8, 4) is 0 Å². The van der Waals surface area contributed by atoms with Gasteiger partial charge in [-0.25, -0.2) is 17.8 Å². The number of thiazole rings is 1. The number of sulfone groups is 1. The number of benzene rings is 1. The molecule has 1 atom stereocenters. The van der Waals surface area contributed by atoms with Gasteiger partial charge < -0.3 is 4.90 Å². The average molecular weight is 370 g/mol. The highest BCUT2D eigenvalue weighted by molar-refractivity contribution is 7.90. The van der Waals surface area contributed by atoms with Crippen LogP contribution in [0.1, 0.15) is 27.2 Å². The van der Waals surface area contributed by atoms with Crippen LogP contribution in [-0.4, -0.2) is 49.3 Å². The fraction of sp³-hybridized carbons (Fsp3) is 0.375. The molecular formula is C16H19FN2O3S2. The molecule has 1 aromatic carbocycles. The molecule has 0 radical (unpaired) electrons. The van der Waals surface area contributed by atoms with Crippen molar-refractivity contribution >= 4 is 27.1 Å². The summed E-state index contributed by atoms with van der Waals surface area (Å²) in [6.45, 7) is 1.69. The van der Waals surface area contributed by atoms with Crippen molar-refractivity contribution < 1.29 is 17.6 Å². The molecule has 2 aromatic rings. The molecule has 0 N–H and O–H groups in total. The van der Waals surface area contributed by atoms with Crippen molar-refractivity contribution in [1.29, 1.82) is 0 Å². The summed E-state index contributed by atoms with van der Waals surface area (Å²) in [4.78, 5) is 18.5. The Morgan fingerprint density at radius 2 is 1.96 bits per heavy atom. The second kappa shape index (κ2) is 7.40. The van der Waals surface area contributed by atoms with Crippen LogP contribution in [0.3, 0.4) is 0 Å². The smallest absolute Gasteiger partial charge is 0.265 e. The van der Waals surface area contributed by atoms with E-state index < -0.39 is 15.9 Å². The zero-order valence-electron chi connectivity index (χ0n) is 13.7. The number of carbonyl (C=O) groups is 1. The van der Waals surface area contributed by atoms with Gasteiger partial charge in [-0.05, 0) is 24.6 Å². The van der Waals surface area contributed by atoms with Crippen LogP contribution in [0, 0.1) is 5.82 Å². The number of carbonyl (C=O) groups excluding carboxylic acids is 1. The molecule has 24 heavy (non-hydrogen) atoms. The van der Waals surface area contributed by atoms with Crippen molar-refractivity contribution in [2.75, 3.05) is 19.1 Å². The molecule has 1 unspecified atom stereocenters. The Labute approximate surface area is 145 Å². The van der Waals surface area contributed by atoms with E-state index >= 15 is 0 Å². The minimum atomic E-state index is -3.16. The lowest BCUT2D eigenvalue weighted by Gasteiger charge is -2.23. The van der Waals surface area contributed by atoms with Crippen LogP contribution in [0.4, 0.5) is 4.39 Å². The number of hydrogen-bond acceptors (Lipinski definition) is 5. The van der Waals surface area contributed by atoms with E-state index in [1.807, 2.05) is 0 Å². The van der Waals surface area contributed by atoms with Gasteiger partial charge in [0.15, 0.2) is 0 Å². The van der Waals surface area contributed by atoms with E-state index in [-0.39, 0.29) is 17.5 Å². The van der Waals surface area contributed by atoms with E-state index in [1.54, 1.807) is 26.1 Å². The van der Waals surface area contributed by atoms with Gasteiger partial charge in [-0.15, -0.1) is 11.3 Å². The molecule has 0 saturated carbocycles. The Bertz CT molecular complexity index is 816. The summed E-state index contributed by atoms with van der Waals surface area (Å²) < 4.78 is 35.6. The van der Waals surface area contributed by atoms with E-state index in [1.165, 1.54) is 34.6 Å². The molecule has 130 valence electrons. The first-order valence-corrected chi connectivity index (χ1v) is 10.2. The second-order valence-electron chi connectivity index (χ2n) is 5.78. The first kappa shape index (κ1) is 18.5. The number of hydrogen-bond donors (Lipinski definition) is 0. The quantitative estimate of drug-likeness (QED) is 0.783. The molecule has 0 aliphatic carbocycles. The van der Waals surface area contributed by atoms with Gasteiger partial charge in [0.05, 0.1) is 17.0 Å². The van der Waals surface area contributed by atoms with Crippen LogP contribution in [0.15, 0.2) is 30.5 Å². The molecule has 5 nitrogen and oxygen atoms in total. The summed E-state index contributed by atoms with van der Waals surface area (Å²) in [5.74, 6) is -0.638. The van der Waals surface area contributed by atoms with E-state index in [2.05, 4.69) is 4.98 Å². The maximum Gasteiger partial charge on any atom is 0.265 e. The molecule has 0 aliphatic heterocycles. The van der Waals surface area contributed by atoms with Crippen molar-refractivity contribution in [3.63, 3.8) is 0 Å². The molecule has 0 bridgehead atoms. The predicted octanol–water partition coefficient (Wildman–Crippen LogP) is 2.38. The monoisotopic (exact) mass is 370 g/mol. The summed E-state index contributed by atoms with van der Waals surface area (Å²) in [7, 11) is -1.58. The predicted molar refractivity (Wildman–Crippen MR) is 92.6 cm³/mol. The Kier molecular flexibility index (Phi) is 5.71. The summed E-state index contributed by atoms with van der Waals surface area (Å²) in [6.07, 6.45) is 3.16. The van der Waals surface area contributed by atoms with Crippen LogP contribution in [0.25, 0.3) is 0 Å². The lowest BCUT2D eigenvalue weighted by molar-refractivity contribution is 0.0761. The third kappa shape index (κ3) is 5.10. The first-order chi connectivity index (χ1) is 11.2. The SMILES string of the molecule is CC(CS(C)(=O)=O)N(C)C(=O)c1cnc(Cc2ccc(F)cc2)s1. The standard InChI is InChI=1S/C16H19FN2O3S2/c1-11(10-24(3,21)22)19(2)16(20)14-9-18-15(23-14)8-12-4-6-13(17)7-5-12/h4-7,9,11H,8,10H2,1-3H3. The average Bonchev–Trinajstić information content (AvgIpc) is 2.95. The van der Waals surface area contributed by atoms with Crippen molar-refractivity contribution in [2.45, 2.75) is 19.4 Å². The lowest BCUT2D eigenvalue weighted by atomic mass is 10.2. The minimum Gasteiger partial charge on any atom is -0.337 e. The molecule has 0 fully saturated rings. The topological polar surface area (TPSA) is 67.3 Å². The van der Waals surface area contributed by atoms with E-state index in [9.17, 15) is 17.6 Å². The number of nitrogens with zero attached hydrogens (tertiary/aromatic N) is 2. The number of halogens is 1. The molecule has 0 aliphatic rings. The fourth-order valence-corrected chi connectivity index (χ4v) is 4.23. The zero-order valence-corrected chi connectivity index (χ0v) is 15.3. The Morgan fingerprint density at radius 3 is 2.54 bits per heavy atom. The fourth-order valence-electron chi connectivity index (χ4n) is 2.19. The van der Waals surface area contributed by atoms with Crippen LogP contribution in [0.2, 0.25) is 0 Å². The minimum absolute atomic E-state index is 0.0868. The Balaban J connectivity index is 2.06. The molecule has 1 heterocycles. The Hall–Kier alpha value is -1.80. The van der Waals surface area contributed by atoms with Gasteiger partial charge in [0.25, 0.3) is 5.91 Å². The molecule has 2 rings (SSSR count). The Morgan fingerprint density at radius 1 is 1.33 bits per heavy atom. The molecule has 0 saturated heterocycles. The van der Waals surface area contributed by atoms with Gasteiger partial charge in [0.2, 0.25) is 0 Å². The first-order valence-electron chi connectivity index (χ1n) is 7.30. The van der Waals surface area contributed by atoms with E-state index in [0.29, 0.717) is 11.3 Å². The maximum atomic E-state index is 12.9. The normalized spacial score (nSPS) is 12.8. The van der Waals surface area contributed by atoms with Crippen LogP contribution in [-0.2, 0) is 16.3 Å². The van der Waals surface area contributed by atoms with E-state index in [0.717, 1.165) is 16.8 Å². The van der Waals surface area contributed by atoms with Gasteiger partial charge >= 0.3 is 0 Å². The van der Waals surface area contributed by atoms with Crippen LogP contribution < -0.4 is 0 Å². The third-order valence-corrected chi connectivity index (χ3v) is 5.63. The molecule has 8 heteroatoms. The maximum absolute atomic E-state index is 12.9. The molecule has 1 aromatic heterocycles. The molecular weight excluding hydrogens is 351 g/mol. The highest BCUT2D eigenvalue weighted by atomic mass is 32.2. The highest BCUT2D eigenvalue weighted by Gasteiger charge is 2.22. The summed E-state index contributed by atoms with van der Waals surface area (Å²) in [6, 6.07) is 5.71. The van der Waals surface area contributed by atoms with Gasteiger partial charge in [-0.3, -0.25) is 4.79 Å². The molecule has 1 amide bonds. The summed E-state index contributed by atoms with van der Waals surface area (Å²) >= 11 is 1.26. The van der Waals surface area contributed by atoms with Crippen molar-refractivity contribution in [2.24, 2.45) is 0 Å². The van der Waals surface area contributed by atoms with Crippen LogP contribution in [0.5, 0.6) is 0 Å². The lowest BCUT2D eigenvalue weighted by Crippen LogP contribution is -2.38. The van der Waals surface area contributed by atoms with Crippen LogP contribution >= 0.6 is 11.3 Å². The van der Waals surface area contributed by atoms with Gasteiger partial charge in [0, 0.05) is 25.8 Å². The third-order valence-electron chi connectivity index (χ3n) is 3.56. The number of aromatic nitrogens is 1. The van der Waals surface area contributed by atoms with Crippen molar-refractivity contribution in [1.82, 2.24) is 9.88 Å². The van der Waals surface area contributed by atoms with Crippen molar-refractivity contribution in [3.05, 3.63) is 51.7 Å². The number of rotatable bonds is 6. The van der Waals surface area contributed by atoms with Gasteiger partial charge in [-0.2, -0.15) is 0 Å². The summed E-state index contributed by atoms with van der Waals surface area (Å²) in [5.41, 5.74) is 0.906. The largest absolute Gasteiger partial charge is 0.337 e. The zero-order chi connectivity index (χ0) is 17.9. The second-order valence-corrected chi connectivity index (χ2v) is 9.08. The summed E-state index contributed by atoms with van der Waals surface area (Å²) in [5, 5.41) is 0.745. The van der Waals surface area contributed by atoms with Gasteiger partial charge in [-0.1, -0.05) is 12.1 Å².